The number of aliphatic carboxylic acids is 1. The van der Waals surface area contributed by atoms with Crippen LogP contribution in [0.1, 0.15) is 13.8 Å². The number of carbonyl (C=O) groups excluding carboxylic acids is 2. The first-order valence-corrected chi connectivity index (χ1v) is 4.31. The van der Waals surface area contributed by atoms with Gasteiger partial charge in [0.15, 0.2) is 0 Å². The van der Waals surface area contributed by atoms with Gasteiger partial charge in [-0.05, 0) is 13.8 Å². The van der Waals surface area contributed by atoms with Gasteiger partial charge in [0.2, 0.25) is 0 Å². The van der Waals surface area contributed by atoms with Crippen molar-refractivity contribution < 1.29 is 29.0 Å². The molecule has 15 heavy (non-hydrogen) atoms. The zero-order chi connectivity index (χ0) is 11.8. The molecule has 0 aromatic rings. The molecule has 0 atom stereocenters. The number of ether oxygens (including phenoxy) is 2. The third-order valence-corrected chi connectivity index (χ3v) is 1.30. The molecule has 6 heteroatoms. The van der Waals surface area contributed by atoms with E-state index in [2.05, 4.69) is 9.47 Å². The quantitative estimate of drug-likeness (QED) is 0.169. The molecule has 0 bridgehead atoms. The van der Waals surface area contributed by atoms with E-state index < -0.39 is 23.3 Å². The molecular formula is C9H12O6. The number of hydrogen-bond donors (Lipinski definition) is 1. The predicted octanol–water partition coefficient (Wildman–Crippen LogP) is 0.124. The Labute approximate surface area is 86.5 Å². The predicted molar refractivity (Wildman–Crippen MR) is 49.0 cm³/mol. The van der Waals surface area contributed by atoms with Gasteiger partial charge in [0.1, 0.15) is 11.8 Å². The van der Waals surface area contributed by atoms with Crippen molar-refractivity contribution in [3.05, 3.63) is 11.8 Å². The number of ketones is 1. The zero-order valence-electron chi connectivity index (χ0n) is 8.48. The van der Waals surface area contributed by atoms with Crippen LogP contribution >= 0.6 is 0 Å². The maximum atomic E-state index is 11.2. The molecule has 0 rings (SSSR count). The van der Waals surface area contributed by atoms with Crippen LogP contribution in [0.15, 0.2) is 11.8 Å². The minimum Gasteiger partial charge on any atom is -0.500 e. The highest BCUT2D eigenvalue weighted by Gasteiger charge is 2.26. The Bertz CT molecular complexity index is 291. The molecule has 0 radical (unpaired) electrons. The molecule has 0 fully saturated rings. The van der Waals surface area contributed by atoms with E-state index in [1.54, 1.807) is 6.92 Å². The van der Waals surface area contributed by atoms with Gasteiger partial charge in [-0.25, -0.2) is 9.59 Å². The molecule has 0 heterocycles. The molecule has 1 N–H and O–H groups in total. The Kier molecular flexibility index (Phi) is 5.77. The average molecular weight is 216 g/mol. The number of carboxylic acid groups (broad SMARTS) is 1. The van der Waals surface area contributed by atoms with Crippen molar-refractivity contribution in [3.8, 4) is 0 Å². The fourth-order valence-electron chi connectivity index (χ4n) is 0.674. The lowest BCUT2D eigenvalue weighted by Crippen LogP contribution is -2.23. The Balaban J connectivity index is 4.71. The summed E-state index contributed by atoms with van der Waals surface area (Å²) < 4.78 is 9.00. The van der Waals surface area contributed by atoms with Crippen LogP contribution in [0.4, 0.5) is 0 Å². The fourth-order valence-corrected chi connectivity index (χ4v) is 0.674. The van der Waals surface area contributed by atoms with Crippen molar-refractivity contribution in [1.82, 2.24) is 0 Å². The van der Waals surface area contributed by atoms with E-state index in [9.17, 15) is 14.4 Å². The third-order valence-electron chi connectivity index (χ3n) is 1.30. The van der Waals surface area contributed by atoms with E-state index in [-0.39, 0.29) is 13.2 Å². The SMILES string of the molecule is CCOC=C(C(=O)O)C(=O)C(=O)OCC. The van der Waals surface area contributed by atoms with Crippen LogP contribution in [0.2, 0.25) is 0 Å². The monoisotopic (exact) mass is 216 g/mol. The Morgan fingerprint density at radius 2 is 1.80 bits per heavy atom. The van der Waals surface area contributed by atoms with Crippen molar-refractivity contribution in [2.75, 3.05) is 13.2 Å². The first-order chi connectivity index (χ1) is 7.04. The molecule has 0 amide bonds. The van der Waals surface area contributed by atoms with E-state index >= 15 is 0 Å². The number of esters is 1. The molecule has 84 valence electrons. The summed E-state index contributed by atoms with van der Waals surface area (Å²) in [5.41, 5.74) is -0.740. The molecule has 6 nitrogen and oxygen atoms in total. The van der Waals surface area contributed by atoms with Gasteiger partial charge >= 0.3 is 11.9 Å². The van der Waals surface area contributed by atoms with E-state index in [0.717, 1.165) is 6.26 Å². The normalized spacial score (nSPS) is 10.7. The maximum absolute atomic E-state index is 11.2. The summed E-state index contributed by atoms with van der Waals surface area (Å²) in [7, 11) is 0. The van der Waals surface area contributed by atoms with Crippen LogP contribution in [-0.2, 0) is 23.9 Å². The van der Waals surface area contributed by atoms with Gasteiger partial charge in [-0.1, -0.05) is 0 Å². The minimum absolute atomic E-state index is 0.00606. The lowest BCUT2D eigenvalue weighted by Gasteiger charge is -2.01. The highest BCUT2D eigenvalue weighted by Crippen LogP contribution is 2.00. The van der Waals surface area contributed by atoms with Crippen LogP contribution in [0.25, 0.3) is 0 Å². The first-order valence-electron chi connectivity index (χ1n) is 4.31. The summed E-state index contributed by atoms with van der Waals surface area (Å²) in [6.45, 7) is 3.34. The van der Waals surface area contributed by atoms with Crippen molar-refractivity contribution in [2.45, 2.75) is 13.8 Å². The van der Waals surface area contributed by atoms with Gasteiger partial charge in [-0.3, -0.25) is 4.79 Å². The molecule has 0 aliphatic heterocycles. The Hall–Kier alpha value is -1.85. The van der Waals surface area contributed by atoms with E-state index in [1.165, 1.54) is 6.92 Å². The van der Waals surface area contributed by atoms with Crippen LogP contribution in [-0.4, -0.2) is 36.0 Å². The minimum atomic E-state index is -1.53. The summed E-state index contributed by atoms with van der Waals surface area (Å²) in [5.74, 6) is -3.95. The van der Waals surface area contributed by atoms with Gasteiger partial charge in [0, 0.05) is 0 Å². The van der Waals surface area contributed by atoms with Crippen molar-refractivity contribution >= 4 is 17.7 Å². The summed E-state index contributed by atoms with van der Waals surface area (Å²) in [6.07, 6.45) is 0.738. The smallest absolute Gasteiger partial charge is 0.380 e. The Morgan fingerprint density at radius 1 is 1.20 bits per heavy atom. The molecule has 0 saturated carbocycles. The molecule has 0 aliphatic rings. The lowest BCUT2D eigenvalue weighted by atomic mass is 10.2. The summed E-state index contributed by atoms with van der Waals surface area (Å²) >= 11 is 0. The molecule has 0 aliphatic carbocycles. The molecule has 0 aromatic heterocycles. The topological polar surface area (TPSA) is 89.9 Å². The van der Waals surface area contributed by atoms with Gasteiger partial charge in [0.05, 0.1) is 13.2 Å². The van der Waals surface area contributed by atoms with Gasteiger partial charge in [-0.15, -0.1) is 0 Å². The van der Waals surface area contributed by atoms with Gasteiger partial charge in [0.25, 0.3) is 5.78 Å². The second kappa shape index (κ2) is 6.58. The highest BCUT2D eigenvalue weighted by molar-refractivity contribution is 6.46. The molecule has 0 spiro atoms. The molecular weight excluding hydrogens is 204 g/mol. The molecule has 0 saturated heterocycles. The summed E-state index contributed by atoms with van der Waals surface area (Å²) in [5, 5.41) is 8.61. The Morgan fingerprint density at radius 3 is 2.20 bits per heavy atom. The van der Waals surface area contributed by atoms with Gasteiger partial charge < -0.3 is 14.6 Å². The number of carbonyl (C=O) groups is 3. The molecule has 0 unspecified atom stereocenters. The van der Waals surface area contributed by atoms with Gasteiger partial charge in [-0.2, -0.15) is 0 Å². The highest BCUT2D eigenvalue weighted by atomic mass is 16.5. The summed E-state index contributed by atoms with van der Waals surface area (Å²) in [6, 6.07) is 0. The number of carboxylic acids is 1. The second-order valence-corrected chi connectivity index (χ2v) is 2.34. The fraction of sp³-hybridized carbons (Fsp3) is 0.444. The van der Waals surface area contributed by atoms with Crippen molar-refractivity contribution in [3.63, 3.8) is 0 Å². The standard InChI is InChI=1S/C9H12O6/c1-3-14-5-6(8(11)12)7(10)9(13)15-4-2/h5H,3-4H2,1-2H3,(H,11,12). The third kappa shape index (κ3) is 4.26. The second-order valence-electron chi connectivity index (χ2n) is 2.34. The lowest BCUT2D eigenvalue weighted by molar-refractivity contribution is -0.153. The van der Waals surface area contributed by atoms with Crippen LogP contribution in [0.5, 0.6) is 0 Å². The van der Waals surface area contributed by atoms with E-state index in [4.69, 9.17) is 5.11 Å². The number of Topliss-reactive ketones (excluding diaryl/α,β-unsaturated/α-hetero) is 1. The largest absolute Gasteiger partial charge is 0.500 e. The average Bonchev–Trinajstić information content (AvgIpc) is 2.18. The number of hydrogen-bond acceptors (Lipinski definition) is 5. The first kappa shape index (κ1) is 13.2. The van der Waals surface area contributed by atoms with Crippen LogP contribution < -0.4 is 0 Å². The number of rotatable bonds is 6. The molecule has 0 aromatic carbocycles. The van der Waals surface area contributed by atoms with E-state index in [0.29, 0.717) is 0 Å². The zero-order valence-corrected chi connectivity index (χ0v) is 8.48. The van der Waals surface area contributed by atoms with Crippen LogP contribution in [0.3, 0.4) is 0 Å². The maximum Gasteiger partial charge on any atom is 0.380 e. The van der Waals surface area contributed by atoms with Crippen molar-refractivity contribution in [2.24, 2.45) is 0 Å². The summed E-state index contributed by atoms with van der Waals surface area (Å²) in [4.78, 5) is 32.7. The van der Waals surface area contributed by atoms with Crippen LogP contribution in [0, 0.1) is 0 Å². The van der Waals surface area contributed by atoms with E-state index in [1.807, 2.05) is 0 Å². The van der Waals surface area contributed by atoms with Crippen molar-refractivity contribution in [1.29, 1.82) is 0 Å².